The summed E-state index contributed by atoms with van der Waals surface area (Å²) in [5.74, 6) is 0.0444. The van der Waals surface area contributed by atoms with E-state index in [2.05, 4.69) is 6.58 Å². The largest absolute Gasteiger partial charge is 0.460 e. The molecule has 0 heterocycles. The lowest BCUT2D eigenvalue weighted by molar-refractivity contribution is -0.139. The summed E-state index contributed by atoms with van der Waals surface area (Å²) in [6.07, 6.45) is 1.11. The van der Waals surface area contributed by atoms with E-state index in [9.17, 15) is 4.79 Å². The normalized spacial score (nSPS) is 10.8. The Morgan fingerprint density at radius 1 is 0.615 bits per heavy atom. The Labute approximate surface area is 160 Å². The third-order valence-electron chi connectivity index (χ3n) is 2.72. The van der Waals surface area contributed by atoms with Gasteiger partial charge in [-0.3, -0.25) is 0 Å². The highest BCUT2D eigenvalue weighted by atomic mass is 35.5. The highest BCUT2D eigenvalue weighted by molar-refractivity contribution is 6.17. The Hall–Kier alpha value is -0.740. The summed E-state index contributed by atoms with van der Waals surface area (Å²) < 4.78 is 36.5. The first kappa shape index (κ1) is 25.3. The molecule has 0 saturated carbocycles. The number of hydrogen-bond acceptors (Lipinski definition) is 8. The molecule has 0 aromatic carbocycles. The van der Waals surface area contributed by atoms with E-state index in [1.54, 1.807) is 0 Å². The summed E-state index contributed by atoms with van der Waals surface area (Å²) in [7, 11) is 0. The second kappa shape index (κ2) is 22.3. The number of esters is 1. The third-order valence-corrected chi connectivity index (χ3v) is 2.87. The van der Waals surface area contributed by atoms with Crippen LogP contribution in [0.15, 0.2) is 12.7 Å². The predicted octanol–water partition coefficient (Wildman–Crippen LogP) is 1.05. The van der Waals surface area contributed by atoms with E-state index < -0.39 is 5.97 Å². The number of ether oxygens (including phenoxy) is 7. The number of halogens is 1. The van der Waals surface area contributed by atoms with E-state index in [4.69, 9.17) is 44.8 Å². The minimum Gasteiger partial charge on any atom is -0.460 e. The van der Waals surface area contributed by atoms with E-state index in [-0.39, 0.29) is 6.61 Å². The number of rotatable bonds is 21. The van der Waals surface area contributed by atoms with Crippen LogP contribution >= 0.6 is 11.6 Å². The topological polar surface area (TPSA) is 81.7 Å². The highest BCUT2D eigenvalue weighted by Crippen LogP contribution is 1.86. The monoisotopic (exact) mass is 398 g/mol. The van der Waals surface area contributed by atoms with Crippen molar-refractivity contribution in [2.45, 2.75) is 0 Å². The number of carbonyl (C=O) groups excluding carboxylic acids is 1. The van der Waals surface area contributed by atoms with Gasteiger partial charge in [-0.05, 0) is 0 Å². The van der Waals surface area contributed by atoms with Crippen molar-refractivity contribution < 1.29 is 38.0 Å². The molecule has 154 valence electrons. The summed E-state index contributed by atoms with van der Waals surface area (Å²) >= 11 is 5.47. The summed E-state index contributed by atoms with van der Waals surface area (Å²) in [6.45, 7) is 9.42. The molecule has 9 heteroatoms. The maximum Gasteiger partial charge on any atom is 0.330 e. The van der Waals surface area contributed by atoms with Gasteiger partial charge in [-0.25, -0.2) is 4.79 Å². The lowest BCUT2D eigenvalue weighted by Gasteiger charge is -2.08. The molecule has 0 atom stereocenters. The first-order valence-corrected chi connectivity index (χ1v) is 9.16. The van der Waals surface area contributed by atoms with Crippen molar-refractivity contribution in [3.8, 4) is 0 Å². The molecule has 0 amide bonds. The van der Waals surface area contributed by atoms with Gasteiger partial charge in [-0.15, -0.1) is 11.6 Å². The summed E-state index contributed by atoms with van der Waals surface area (Å²) in [4.78, 5) is 10.7. The molecule has 0 rings (SSSR count). The van der Waals surface area contributed by atoms with Crippen LogP contribution in [0.5, 0.6) is 0 Å². The Morgan fingerprint density at radius 3 is 1.23 bits per heavy atom. The number of alkyl halides is 1. The highest BCUT2D eigenvalue weighted by Gasteiger charge is 1.96. The van der Waals surface area contributed by atoms with Crippen LogP contribution in [-0.4, -0.2) is 97.7 Å². The van der Waals surface area contributed by atoms with Crippen molar-refractivity contribution in [3.63, 3.8) is 0 Å². The van der Waals surface area contributed by atoms with Crippen LogP contribution in [0, 0.1) is 0 Å². The molecule has 0 unspecified atom stereocenters. The Balaban J connectivity index is 3.01. The summed E-state index contributed by atoms with van der Waals surface area (Å²) in [5.41, 5.74) is 0. The fourth-order valence-electron chi connectivity index (χ4n) is 1.52. The van der Waals surface area contributed by atoms with Gasteiger partial charge in [0.15, 0.2) is 0 Å². The molecule has 0 N–H and O–H groups in total. The van der Waals surface area contributed by atoms with Gasteiger partial charge < -0.3 is 33.2 Å². The van der Waals surface area contributed by atoms with Crippen molar-refractivity contribution in [3.05, 3.63) is 12.7 Å². The number of carbonyl (C=O) groups is 1. The van der Waals surface area contributed by atoms with Crippen LogP contribution in [0.3, 0.4) is 0 Å². The minimum atomic E-state index is -0.453. The van der Waals surface area contributed by atoms with Crippen molar-refractivity contribution >= 4 is 17.6 Å². The minimum absolute atomic E-state index is 0.209. The summed E-state index contributed by atoms with van der Waals surface area (Å²) in [6, 6.07) is 0. The van der Waals surface area contributed by atoms with Gasteiger partial charge in [0, 0.05) is 12.0 Å². The van der Waals surface area contributed by atoms with E-state index in [0.717, 1.165) is 6.08 Å². The maximum absolute atomic E-state index is 10.7. The molecular formula is C17H31ClO8. The predicted molar refractivity (Wildman–Crippen MR) is 96.8 cm³/mol. The third kappa shape index (κ3) is 21.3. The standard InChI is InChI=1S/C17H31ClO8/c1-2-17(19)26-16-15-25-14-13-24-12-11-23-10-9-22-8-7-21-6-5-20-4-3-18/h2H,1,3-16H2. The van der Waals surface area contributed by atoms with E-state index in [1.807, 2.05) is 0 Å². The Morgan fingerprint density at radius 2 is 0.923 bits per heavy atom. The van der Waals surface area contributed by atoms with Gasteiger partial charge in [-0.2, -0.15) is 0 Å². The molecule has 0 aromatic heterocycles. The molecular weight excluding hydrogens is 368 g/mol. The van der Waals surface area contributed by atoms with Gasteiger partial charge in [0.25, 0.3) is 0 Å². The molecule has 0 aliphatic carbocycles. The molecule has 0 fully saturated rings. The average molecular weight is 399 g/mol. The first-order valence-electron chi connectivity index (χ1n) is 8.63. The Bertz CT molecular complexity index is 317. The maximum atomic E-state index is 10.7. The van der Waals surface area contributed by atoms with Gasteiger partial charge in [0.2, 0.25) is 0 Å². The second-order valence-electron chi connectivity index (χ2n) is 4.73. The van der Waals surface area contributed by atoms with Crippen LogP contribution in [0.25, 0.3) is 0 Å². The van der Waals surface area contributed by atoms with Crippen LogP contribution in [-0.2, 0) is 38.0 Å². The van der Waals surface area contributed by atoms with Crippen molar-refractivity contribution in [2.75, 3.05) is 91.8 Å². The fourth-order valence-corrected chi connectivity index (χ4v) is 1.63. The number of hydrogen-bond donors (Lipinski definition) is 0. The molecule has 0 bridgehead atoms. The smallest absolute Gasteiger partial charge is 0.330 e. The van der Waals surface area contributed by atoms with Crippen LogP contribution < -0.4 is 0 Å². The fraction of sp³-hybridized carbons (Fsp3) is 0.824. The lowest BCUT2D eigenvalue weighted by atomic mass is 10.6. The van der Waals surface area contributed by atoms with Crippen LogP contribution in [0.4, 0.5) is 0 Å². The SMILES string of the molecule is C=CC(=O)OCCOCCOCCOCCOCCOCCOCCCl. The molecule has 0 aliphatic rings. The Kier molecular flexibility index (Phi) is 21.7. The summed E-state index contributed by atoms with van der Waals surface area (Å²) in [5, 5.41) is 0. The van der Waals surface area contributed by atoms with Crippen molar-refractivity contribution in [1.29, 1.82) is 0 Å². The van der Waals surface area contributed by atoms with Gasteiger partial charge >= 0.3 is 5.97 Å². The molecule has 0 aliphatic heterocycles. The zero-order chi connectivity index (χ0) is 19.1. The zero-order valence-electron chi connectivity index (χ0n) is 15.3. The molecule has 26 heavy (non-hydrogen) atoms. The van der Waals surface area contributed by atoms with Crippen LogP contribution in [0.1, 0.15) is 0 Å². The van der Waals surface area contributed by atoms with Gasteiger partial charge in [0.05, 0.1) is 79.3 Å². The molecule has 0 radical (unpaired) electrons. The van der Waals surface area contributed by atoms with Gasteiger partial charge in [0.1, 0.15) is 6.61 Å². The van der Waals surface area contributed by atoms with E-state index >= 15 is 0 Å². The molecule has 0 spiro atoms. The molecule has 0 aromatic rings. The zero-order valence-corrected chi connectivity index (χ0v) is 16.1. The molecule has 0 saturated heterocycles. The lowest BCUT2D eigenvalue weighted by Crippen LogP contribution is -2.15. The second-order valence-corrected chi connectivity index (χ2v) is 5.11. The van der Waals surface area contributed by atoms with Crippen LogP contribution in [0.2, 0.25) is 0 Å². The molecule has 8 nitrogen and oxygen atoms in total. The van der Waals surface area contributed by atoms with E-state index in [0.29, 0.717) is 85.2 Å². The van der Waals surface area contributed by atoms with Crippen molar-refractivity contribution in [1.82, 2.24) is 0 Å². The van der Waals surface area contributed by atoms with Gasteiger partial charge in [-0.1, -0.05) is 6.58 Å². The van der Waals surface area contributed by atoms with Crippen molar-refractivity contribution in [2.24, 2.45) is 0 Å². The van der Waals surface area contributed by atoms with E-state index in [1.165, 1.54) is 0 Å². The quantitative estimate of drug-likeness (QED) is 0.123. The first-order chi connectivity index (χ1) is 12.8. The average Bonchev–Trinajstić information content (AvgIpc) is 2.66.